The number of hydrogen-bond acceptors (Lipinski definition) is 10. The molecule has 0 bridgehead atoms. The first-order valence-corrected chi connectivity index (χ1v) is 29.9. The Labute approximate surface area is 449 Å². The third-order valence-corrected chi connectivity index (χ3v) is 12.3. The zero-order valence-electron chi connectivity index (χ0n) is 46.3. The third-order valence-electron chi connectivity index (χ3n) is 11.3. The number of allylic oxidation sites excluding steroid dienone is 20. The minimum Gasteiger partial charge on any atom is -0.462 e. The number of rotatable bonds is 51. The molecule has 0 heterocycles. The van der Waals surface area contributed by atoms with E-state index in [1.54, 1.807) is 0 Å². The predicted molar refractivity (Wildman–Crippen MR) is 306 cm³/mol. The van der Waals surface area contributed by atoms with Crippen LogP contribution in [-0.2, 0) is 42.2 Å². The highest BCUT2D eigenvalue weighted by Gasteiger charge is 2.28. The number of aliphatic hydroxyl groups excluding tert-OH is 1. The lowest BCUT2D eigenvalue weighted by molar-refractivity contribution is -0.161. The number of phosphoric ester groups is 1. The zero-order valence-corrected chi connectivity index (χ0v) is 47.2. The van der Waals surface area contributed by atoms with Crippen molar-refractivity contribution in [3.8, 4) is 0 Å². The molecule has 3 atom stereocenters. The summed E-state index contributed by atoms with van der Waals surface area (Å²) in [6.45, 7) is 4.28. The van der Waals surface area contributed by atoms with Crippen LogP contribution in [0.4, 0.5) is 0 Å². The monoisotopic (exact) mass is 1050 g/mol. The number of aliphatic hydroxyl groups is 1. The van der Waals surface area contributed by atoms with E-state index in [2.05, 4.69) is 142 Å². The van der Waals surface area contributed by atoms with E-state index in [1.165, 1.54) is 25.7 Å². The summed E-state index contributed by atoms with van der Waals surface area (Å²) < 4.78 is 39.4. The average molecular weight is 1050 g/mol. The molecule has 0 aromatic rings. The van der Waals surface area contributed by atoms with Gasteiger partial charge >= 0.3 is 25.7 Å². The smallest absolute Gasteiger partial charge is 0.462 e. The molecule has 0 aromatic carbocycles. The van der Waals surface area contributed by atoms with Crippen LogP contribution in [0.5, 0.6) is 0 Å². The Balaban J connectivity index is 4.86. The van der Waals surface area contributed by atoms with Crippen LogP contribution in [0, 0.1) is 0 Å². The van der Waals surface area contributed by atoms with Crippen LogP contribution in [0.1, 0.15) is 213 Å². The first-order valence-electron chi connectivity index (χ1n) is 28.4. The van der Waals surface area contributed by atoms with E-state index < -0.39 is 57.8 Å². The van der Waals surface area contributed by atoms with Gasteiger partial charge in [0.1, 0.15) is 12.7 Å². The predicted octanol–water partition coefficient (Wildman–Crippen LogP) is 16.8. The van der Waals surface area contributed by atoms with Crippen LogP contribution in [-0.4, -0.2) is 66.5 Å². The van der Waals surface area contributed by atoms with Crippen molar-refractivity contribution in [1.29, 1.82) is 0 Å². The van der Waals surface area contributed by atoms with Crippen LogP contribution in [0.3, 0.4) is 0 Å². The highest BCUT2D eigenvalue weighted by molar-refractivity contribution is 7.47. The van der Waals surface area contributed by atoms with Crippen molar-refractivity contribution in [1.82, 2.24) is 0 Å². The van der Waals surface area contributed by atoms with Gasteiger partial charge in [0.15, 0.2) is 6.10 Å². The number of hydrogen-bond donors (Lipinski definition) is 2. The summed E-state index contributed by atoms with van der Waals surface area (Å²) in [6.07, 6.45) is 67.3. The molecule has 12 heteroatoms. The van der Waals surface area contributed by atoms with Crippen molar-refractivity contribution in [3.05, 3.63) is 122 Å². The number of carbonyl (C=O) groups excluding carboxylic acids is 3. The van der Waals surface area contributed by atoms with Crippen LogP contribution in [0.25, 0.3) is 0 Å². The largest absolute Gasteiger partial charge is 0.472 e. The maximum atomic E-state index is 12.9. The van der Waals surface area contributed by atoms with Crippen molar-refractivity contribution in [2.24, 2.45) is 0 Å². The van der Waals surface area contributed by atoms with E-state index in [0.717, 1.165) is 128 Å². The molecule has 0 fully saturated rings. The second-order valence-electron chi connectivity index (χ2n) is 18.3. The van der Waals surface area contributed by atoms with E-state index in [4.69, 9.17) is 23.3 Å². The quantitative estimate of drug-likeness (QED) is 0.0197. The van der Waals surface area contributed by atoms with Gasteiger partial charge in [-0.2, -0.15) is 0 Å². The maximum absolute atomic E-state index is 12.9. The van der Waals surface area contributed by atoms with E-state index >= 15 is 0 Å². The second kappa shape index (κ2) is 55.1. The highest BCUT2D eigenvalue weighted by atomic mass is 31.2. The molecule has 420 valence electrons. The summed E-state index contributed by atoms with van der Waals surface area (Å²) in [5.41, 5.74) is 0. The fourth-order valence-corrected chi connectivity index (χ4v) is 7.86. The lowest BCUT2D eigenvalue weighted by Gasteiger charge is -2.21. The molecule has 3 unspecified atom stereocenters. The van der Waals surface area contributed by atoms with E-state index in [1.807, 2.05) is 0 Å². The van der Waals surface area contributed by atoms with Gasteiger partial charge < -0.3 is 24.2 Å². The third kappa shape index (κ3) is 52.7. The molecule has 11 nitrogen and oxygen atoms in total. The standard InChI is InChI=1S/C62H101O11P/c1-4-7-10-13-16-19-22-25-27-28-29-30-32-34-36-39-42-45-48-51-60(64)69-55-59(73-62(66)53-50-47-44-41-38-35-31-26-23-20-17-14-11-8-5-2)57-71-74(67,68)70-56-58(54-63)72-61(65)52-49-46-43-40-37-33-24-21-18-15-12-9-6-3/h7-8,10-11,16-17,19-21,24-27,29-31,34,36,38,41,58-59,63H,4-6,9,12-15,18,22-23,28,32-33,35,37,39-40,42-57H2,1-3H3,(H,67,68)/b10-7-,11-8-,19-16-,20-17-,24-21-,27-25-,30-29-,31-26-,36-34-,41-38-. The summed E-state index contributed by atoms with van der Waals surface area (Å²) in [6, 6.07) is 0. The van der Waals surface area contributed by atoms with Gasteiger partial charge in [-0.1, -0.05) is 187 Å². The summed E-state index contributed by atoms with van der Waals surface area (Å²) in [5, 5.41) is 9.80. The van der Waals surface area contributed by atoms with Crippen LogP contribution >= 0.6 is 7.82 Å². The molecule has 0 spiro atoms. The fraction of sp³-hybridized carbons (Fsp3) is 0.629. The van der Waals surface area contributed by atoms with Crippen LogP contribution in [0.2, 0.25) is 0 Å². The maximum Gasteiger partial charge on any atom is 0.472 e. The number of phosphoric acid groups is 1. The molecule has 0 aliphatic carbocycles. The minimum atomic E-state index is -4.77. The Morgan fingerprint density at radius 3 is 1.14 bits per heavy atom. The SMILES string of the molecule is CC/C=C\C/C=C\C/C=C\C/C=C\C/C=C\CCCCCC(=O)OCC(COP(=O)(O)OCC(CO)OC(=O)CCCCCCC/C=C\CCCCCC)OC(=O)CCCC/C=C\C/C=C\C/C=C\C/C=C\CC. The first kappa shape index (κ1) is 69.9. The van der Waals surface area contributed by atoms with Crippen LogP contribution < -0.4 is 0 Å². The molecule has 0 rings (SSSR count). The van der Waals surface area contributed by atoms with Gasteiger partial charge in [-0.3, -0.25) is 23.4 Å². The number of ether oxygens (including phenoxy) is 3. The summed E-state index contributed by atoms with van der Waals surface area (Å²) in [5.74, 6) is -1.58. The van der Waals surface area contributed by atoms with E-state index in [0.29, 0.717) is 19.3 Å². The molecule has 0 amide bonds. The Kier molecular flexibility index (Phi) is 52.1. The van der Waals surface area contributed by atoms with E-state index in [9.17, 15) is 28.9 Å². The zero-order chi connectivity index (χ0) is 54.1. The average Bonchev–Trinajstić information content (AvgIpc) is 3.39. The molecule has 0 saturated carbocycles. The molecule has 2 N–H and O–H groups in total. The van der Waals surface area contributed by atoms with Crippen molar-refractivity contribution in [3.63, 3.8) is 0 Å². The van der Waals surface area contributed by atoms with Gasteiger partial charge in [0, 0.05) is 19.3 Å². The Morgan fingerprint density at radius 1 is 0.392 bits per heavy atom. The normalized spacial score (nSPS) is 14.3. The first-order chi connectivity index (χ1) is 36.2. The second-order valence-corrected chi connectivity index (χ2v) is 19.8. The Hall–Kier alpha value is -4.12. The molecule has 74 heavy (non-hydrogen) atoms. The Morgan fingerprint density at radius 2 is 0.703 bits per heavy atom. The minimum absolute atomic E-state index is 0.101. The summed E-state index contributed by atoms with van der Waals surface area (Å²) in [4.78, 5) is 48.5. The van der Waals surface area contributed by atoms with E-state index in [-0.39, 0.29) is 25.9 Å². The van der Waals surface area contributed by atoms with Crippen molar-refractivity contribution in [2.75, 3.05) is 26.4 Å². The lowest BCUT2D eigenvalue weighted by Crippen LogP contribution is -2.30. The molecular formula is C62H101O11P. The molecule has 0 aliphatic heterocycles. The van der Waals surface area contributed by atoms with Gasteiger partial charge in [-0.05, 0) is 128 Å². The highest BCUT2D eigenvalue weighted by Crippen LogP contribution is 2.43. The molecule has 0 radical (unpaired) electrons. The summed E-state index contributed by atoms with van der Waals surface area (Å²) >= 11 is 0. The lowest BCUT2D eigenvalue weighted by atomic mass is 10.1. The number of unbranched alkanes of at least 4 members (excludes halogenated alkanes) is 14. The number of carbonyl (C=O) groups is 3. The van der Waals surface area contributed by atoms with Crippen molar-refractivity contribution < 1.29 is 52.2 Å². The number of esters is 3. The van der Waals surface area contributed by atoms with Gasteiger partial charge in [0.2, 0.25) is 0 Å². The Bertz CT molecular complexity index is 1700. The fourth-order valence-electron chi connectivity index (χ4n) is 7.07. The summed E-state index contributed by atoms with van der Waals surface area (Å²) in [7, 11) is -4.77. The van der Waals surface area contributed by atoms with Gasteiger partial charge in [0.25, 0.3) is 0 Å². The van der Waals surface area contributed by atoms with Crippen molar-refractivity contribution in [2.45, 2.75) is 226 Å². The molecule has 0 aliphatic rings. The van der Waals surface area contributed by atoms with Gasteiger partial charge in [0.05, 0.1) is 19.8 Å². The van der Waals surface area contributed by atoms with Crippen LogP contribution in [0.15, 0.2) is 122 Å². The topological polar surface area (TPSA) is 155 Å². The molecule has 0 aromatic heterocycles. The molecular weight excluding hydrogens is 952 g/mol. The van der Waals surface area contributed by atoms with Gasteiger partial charge in [-0.15, -0.1) is 0 Å². The van der Waals surface area contributed by atoms with Crippen molar-refractivity contribution >= 4 is 25.7 Å². The molecule has 0 saturated heterocycles. The van der Waals surface area contributed by atoms with Gasteiger partial charge in [-0.25, -0.2) is 4.57 Å².